The number of nitrogens with zero attached hydrogens (tertiary/aromatic N) is 2. The molecular weight excluding hydrogens is 170 g/mol. The van der Waals surface area contributed by atoms with Crippen molar-refractivity contribution in [2.75, 3.05) is 6.61 Å². The molecule has 1 aromatic rings. The van der Waals surface area contributed by atoms with Gasteiger partial charge < -0.3 is 15.4 Å². The Morgan fingerprint density at radius 2 is 2.23 bits per heavy atom. The Hall–Kier alpha value is -0.940. The number of nitrogens with two attached hydrogens (primary N) is 1. The zero-order chi connectivity index (χ0) is 9.84. The average Bonchev–Trinajstić information content (AvgIpc) is 2.52. The van der Waals surface area contributed by atoms with Crippen LogP contribution in [0.3, 0.4) is 0 Å². The SMILES string of the molecule is CC(N)C(C)c1nc(CCO)no1. The molecular formula is C8H15N3O2. The summed E-state index contributed by atoms with van der Waals surface area (Å²) < 4.78 is 4.99. The van der Waals surface area contributed by atoms with Crippen LogP contribution in [0.5, 0.6) is 0 Å². The Morgan fingerprint density at radius 1 is 1.54 bits per heavy atom. The summed E-state index contributed by atoms with van der Waals surface area (Å²) in [5, 5.41) is 12.3. The van der Waals surface area contributed by atoms with Crippen LogP contribution in [0.1, 0.15) is 31.5 Å². The van der Waals surface area contributed by atoms with E-state index in [4.69, 9.17) is 15.4 Å². The van der Waals surface area contributed by atoms with Crippen LogP contribution in [-0.4, -0.2) is 27.9 Å². The predicted molar refractivity (Wildman–Crippen MR) is 47.2 cm³/mol. The molecule has 0 aliphatic rings. The second-order valence-corrected chi connectivity index (χ2v) is 3.17. The Labute approximate surface area is 76.9 Å². The summed E-state index contributed by atoms with van der Waals surface area (Å²) in [5.41, 5.74) is 5.67. The molecule has 1 aromatic heterocycles. The molecule has 0 radical (unpaired) electrons. The van der Waals surface area contributed by atoms with Crippen LogP contribution < -0.4 is 5.73 Å². The summed E-state index contributed by atoms with van der Waals surface area (Å²) in [6.45, 7) is 3.85. The molecule has 2 atom stereocenters. The van der Waals surface area contributed by atoms with Gasteiger partial charge in [0.2, 0.25) is 5.89 Å². The number of aliphatic hydroxyl groups excluding tert-OH is 1. The number of aromatic nitrogens is 2. The minimum absolute atomic E-state index is 0.0116. The van der Waals surface area contributed by atoms with Crippen molar-refractivity contribution in [3.8, 4) is 0 Å². The monoisotopic (exact) mass is 185 g/mol. The quantitative estimate of drug-likeness (QED) is 0.692. The normalized spacial score (nSPS) is 15.7. The minimum Gasteiger partial charge on any atom is -0.396 e. The number of hydrogen-bond acceptors (Lipinski definition) is 5. The van der Waals surface area contributed by atoms with Crippen molar-refractivity contribution >= 4 is 0 Å². The van der Waals surface area contributed by atoms with E-state index in [1.165, 1.54) is 0 Å². The highest BCUT2D eigenvalue weighted by Crippen LogP contribution is 2.15. The lowest BCUT2D eigenvalue weighted by Crippen LogP contribution is -2.22. The molecule has 0 saturated carbocycles. The smallest absolute Gasteiger partial charge is 0.231 e. The van der Waals surface area contributed by atoms with Gasteiger partial charge in [-0.25, -0.2) is 0 Å². The number of rotatable bonds is 4. The van der Waals surface area contributed by atoms with Gasteiger partial charge in [-0.2, -0.15) is 4.98 Å². The lowest BCUT2D eigenvalue weighted by atomic mass is 10.1. The van der Waals surface area contributed by atoms with Gasteiger partial charge in [0.05, 0.1) is 12.5 Å². The van der Waals surface area contributed by atoms with Gasteiger partial charge in [0.25, 0.3) is 0 Å². The first kappa shape index (κ1) is 10.1. The molecule has 3 N–H and O–H groups in total. The third kappa shape index (κ3) is 2.50. The maximum Gasteiger partial charge on any atom is 0.231 e. The highest BCUT2D eigenvalue weighted by atomic mass is 16.5. The maximum atomic E-state index is 8.63. The van der Waals surface area contributed by atoms with Crippen molar-refractivity contribution in [2.24, 2.45) is 5.73 Å². The molecule has 5 heteroatoms. The van der Waals surface area contributed by atoms with Gasteiger partial charge in [0.15, 0.2) is 5.82 Å². The highest BCUT2D eigenvalue weighted by Gasteiger charge is 2.17. The van der Waals surface area contributed by atoms with Gasteiger partial charge in [-0.05, 0) is 6.92 Å². The van der Waals surface area contributed by atoms with Crippen LogP contribution in [0.15, 0.2) is 4.52 Å². The van der Waals surface area contributed by atoms with Gasteiger partial charge in [-0.15, -0.1) is 0 Å². The van der Waals surface area contributed by atoms with Crippen molar-refractivity contribution < 1.29 is 9.63 Å². The number of hydrogen-bond donors (Lipinski definition) is 2. The van der Waals surface area contributed by atoms with Crippen LogP contribution in [0.2, 0.25) is 0 Å². The first-order chi connectivity index (χ1) is 6.15. The van der Waals surface area contributed by atoms with Crippen molar-refractivity contribution in [3.63, 3.8) is 0 Å². The zero-order valence-corrected chi connectivity index (χ0v) is 7.90. The Bertz CT molecular complexity index is 260. The first-order valence-corrected chi connectivity index (χ1v) is 4.34. The van der Waals surface area contributed by atoms with Gasteiger partial charge >= 0.3 is 0 Å². The Balaban J connectivity index is 2.67. The predicted octanol–water partition coefficient (Wildman–Crippen LogP) is 0.0551. The largest absolute Gasteiger partial charge is 0.396 e. The number of aliphatic hydroxyl groups is 1. The average molecular weight is 185 g/mol. The van der Waals surface area contributed by atoms with Crippen molar-refractivity contribution in [3.05, 3.63) is 11.7 Å². The van der Waals surface area contributed by atoms with Crippen molar-refractivity contribution in [1.29, 1.82) is 0 Å². The molecule has 5 nitrogen and oxygen atoms in total. The van der Waals surface area contributed by atoms with E-state index in [0.29, 0.717) is 18.1 Å². The lowest BCUT2D eigenvalue weighted by Gasteiger charge is -2.09. The van der Waals surface area contributed by atoms with E-state index in [1.54, 1.807) is 0 Å². The molecule has 0 aliphatic heterocycles. The van der Waals surface area contributed by atoms with Gasteiger partial charge in [-0.3, -0.25) is 0 Å². The Morgan fingerprint density at radius 3 is 2.77 bits per heavy atom. The molecule has 13 heavy (non-hydrogen) atoms. The van der Waals surface area contributed by atoms with Crippen LogP contribution in [0.4, 0.5) is 0 Å². The summed E-state index contributed by atoms with van der Waals surface area (Å²) in [5.74, 6) is 1.13. The third-order valence-electron chi connectivity index (χ3n) is 2.00. The lowest BCUT2D eigenvalue weighted by molar-refractivity contribution is 0.292. The van der Waals surface area contributed by atoms with Gasteiger partial charge in [0.1, 0.15) is 0 Å². The molecule has 74 valence electrons. The molecule has 2 unspecified atom stereocenters. The van der Waals surface area contributed by atoms with E-state index < -0.39 is 0 Å². The molecule has 0 aliphatic carbocycles. The molecule has 1 heterocycles. The fourth-order valence-corrected chi connectivity index (χ4v) is 0.879. The van der Waals surface area contributed by atoms with Crippen molar-refractivity contribution in [1.82, 2.24) is 10.1 Å². The summed E-state index contributed by atoms with van der Waals surface area (Å²) in [4.78, 5) is 4.10. The topological polar surface area (TPSA) is 85.2 Å². The molecule has 0 bridgehead atoms. The van der Waals surface area contributed by atoms with E-state index in [2.05, 4.69) is 10.1 Å². The van der Waals surface area contributed by atoms with Gasteiger partial charge in [0, 0.05) is 12.5 Å². The van der Waals surface area contributed by atoms with Crippen LogP contribution in [-0.2, 0) is 6.42 Å². The van der Waals surface area contributed by atoms with Gasteiger partial charge in [-0.1, -0.05) is 12.1 Å². The van der Waals surface area contributed by atoms with Crippen molar-refractivity contribution in [2.45, 2.75) is 32.2 Å². The standard InChI is InChI=1S/C8H15N3O2/c1-5(6(2)9)8-10-7(3-4-12)11-13-8/h5-6,12H,3-4,9H2,1-2H3. The molecule has 0 amide bonds. The second kappa shape index (κ2) is 4.34. The maximum absolute atomic E-state index is 8.63. The first-order valence-electron chi connectivity index (χ1n) is 4.34. The van der Waals surface area contributed by atoms with E-state index in [1.807, 2.05) is 13.8 Å². The van der Waals surface area contributed by atoms with Crippen LogP contribution in [0, 0.1) is 0 Å². The minimum atomic E-state index is -0.0116. The highest BCUT2D eigenvalue weighted by molar-refractivity contribution is 4.95. The third-order valence-corrected chi connectivity index (χ3v) is 2.00. The summed E-state index contributed by atoms with van der Waals surface area (Å²) in [7, 11) is 0. The zero-order valence-electron chi connectivity index (χ0n) is 7.90. The van der Waals surface area contributed by atoms with E-state index >= 15 is 0 Å². The fraction of sp³-hybridized carbons (Fsp3) is 0.750. The fourth-order valence-electron chi connectivity index (χ4n) is 0.879. The van der Waals surface area contributed by atoms with E-state index in [9.17, 15) is 0 Å². The van der Waals surface area contributed by atoms with Crippen LogP contribution in [0.25, 0.3) is 0 Å². The van der Waals surface area contributed by atoms with E-state index in [0.717, 1.165) is 0 Å². The molecule has 1 rings (SSSR count). The summed E-state index contributed by atoms with van der Waals surface area (Å²) in [6, 6.07) is -0.0116. The molecule has 0 fully saturated rings. The Kier molecular flexibility index (Phi) is 3.39. The summed E-state index contributed by atoms with van der Waals surface area (Å²) >= 11 is 0. The second-order valence-electron chi connectivity index (χ2n) is 3.17. The summed E-state index contributed by atoms with van der Waals surface area (Å²) in [6.07, 6.45) is 0.426. The molecule has 0 saturated heterocycles. The molecule has 0 aromatic carbocycles. The molecule has 0 spiro atoms. The van der Waals surface area contributed by atoms with Crippen LogP contribution >= 0.6 is 0 Å². The van der Waals surface area contributed by atoms with E-state index in [-0.39, 0.29) is 18.6 Å².